The topological polar surface area (TPSA) is 52.6 Å². The maximum absolute atomic E-state index is 11.3. The van der Waals surface area contributed by atoms with Gasteiger partial charge in [0.05, 0.1) is 20.1 Å². The molecule has 0 N–H and O–H groups in total. The zero-order valence-corrected chi connectivity index (χ0v) is 10.9. The van der Waals surface area contributed by atoms with Gasteiger partial charge in [0.15, 0.2) is 0 Å². The second-order valence-electron chi connectivity index (χ2n) is 4.44. The molecule has 0 atom stereocenters. The van der Waals surface area contributed by atoms with Crippen molar-refractivity contribution in [3.8, 4) is 5.75 Å². The Bertz CT molecular complexity index is 424. The Morgan fingerprint density at radius 3 is 2.67 bits per heavy atom. The predicted octanol–water partition coefficient (Wildman–Crippen LogP) is 2.25. The van der Waals surface area contributed by atoms with Crippen molar-refractivity contribution in [3.05, 3.63) is 29.3 Å². The highest BCUT2D eigenvalue weighted by Crippen LogP contribution is 2.21. The van der Waals surface area contributed by atoms with Crippen LogP contribution in [0.5, 0.6) is 5.75 Å². The van der Waals surface area contributed by atoms with Gasteiger partial charge in [-0.2, -0.15) is 0 Å². The summed E-state index contributed by atoms with van der Waals surface area (Å²) in [7, 11) is 1.33. The van der Waals surface area contributed by atoms with Crippen molar-refractivity contribution in [2.45, 2.75) is 20.3 Å². The number of ether oxygens (including phenoxy) is 2. The molecule has 98 valence electrons. The molecular formula is C14H18O4. The molecule has 0 aromatic heterocycles. The van der Waals surface area contributed by atoms with E-state index < -0.39 is 0 Å². The van der Waals surface area contributed by atoms with Crippen LogP contribution in [0.1, 0.15) is 29.8 Å². The molecule has 0 fully saturated rings. The average Bonchev–Trinajstić information content (AvgIpc) is 2.36. The van der Waals surface area contributed by atoms with E-state index in [2.05, 4.69) is 4.74 Å². The molecule has 18 heavy (non-hydrogen) atoms. The van der Waals surface area contributed by atoms with E-state index in [0.717, 1.165) is 6.29 Å². The first-order valence-electron chi connectivity index (χ1n) is 5.84. The maximum atomic E-state index is 11.3. The Morgan fingerprint density at radius 2 is 2.11 bits per heavy atom. The summed E-state index contributed by atoms with van der Waals surface area (Å²) in [6.07, 6.45) is 0.846. The molecule has 0 heterocycles. The normalized spacial score (nSPS) is 10.2. The van der Waals surface area contributed by atoms with Crippen molar-refractivity contribution < 1.29 is 19.1 Å². The minimum absolute atomic E-state index is 0.103. The highest BCUT2D eigenvalue weighted by molar-refractivity contribution is 5.78. The van der Waals surface area contributed by atoms with Gasteiger partial charge in [-0.05, 0) is 24.1 Å². The van der Waals surface area contributed by atoms with Crippen LogP contribution >= 0.6 is 0 Å². The van der Waals surface area contributed by atoms with E-state index in [1.54, 1.807) is 18.2 Å². The fourth-order valence-electron chi connectivity index (χ4n) is 1.44. The van der Waals surface area contributed by atoms with Gasteiger partial charge in [0.1, 0.15) is 12.0 Å². The predicted molar refractivity (Wildman–Crippen MR) is 67.9 cm³/mol. The second kappa shape index (κ2) is 6.79. The lowest BCUT2D eigenvalue weighted by Crippen LogP contribution is -2.10. The molecule has 4 heteroatoms. The third-order valence-corrected chi connectivity index (χ3v) is 2.36. The van der Waals surface area contributed by atoms with E-state index in [-0.39, 0.29) is 12.4 Å². The number of methoxy groups -OCH3 is 1. The molecule has 0 unspecified atom stereocenters. The van der Waals surface area contributed by atoms with E-state index in [4.69, 9.17) is 4.74 Å². The van der Waals surface area contributed by atoms with E-state index in [1.807, 2.05) is 13.8 Å². The molecule has 0 radical (unpaired) electrons. The Kier molecular flexibility index (Phi) is 5.36. The zero-order chi connectivity index (χ0) is 13.5. The number of hydrogen-bond acceptors (Lipinski definition) is 4. The molecule has 0 saturated heterocycles. The van der Waals surface area contributed by atoms with Gasteiger partial charge in [-0.25, -0.2) is 0 Å². The smallest absolute Gasteiger partial charge is 0.310 e. The summed E-state index contributed by atoms with van der Waals surface area (Å²) in [5.41, 5.74) is 1.19. The summed E-state index contributed by atoms with van der Waals surface area (Å²) in [6, 6.07) is 5.04. The Hall–Kier alpha value is -1.84. The quantitative estimate of drug-likeness (QED) is 0.574. The van der Waals surface area contributed by atoms with E-state index >= 15 is 0 Å². The summed E-state index contributed by atoms with van der Waals surface area (Å²) in [5, 5.41) is 0. The van der Waals surface area contributed by atoms with Crippen LogP contribution in [0.25, 0.3) is 0 Å². The zero-order valence-electron chi connectivity index (χ0n) is 10.9. The van der Waals surface area contributed by atoms with Gasteiger partial charge < -0.3 is 9.47 Å². The fraction of sp³-hybridized carbons (Fsp3) is 0.429. The first-order valence-corrected chi connectivity index (χ1v) is 5.84. The fourth-order valence-corrected chi connectivity index (χ4v) is 1.44. The summed E-state index contributed by atoms with van der Waals surface area (Å²) in [4.78, 5) is 22.0. The first-order chi connectivity index (χ1) is 8.56. The van der Waals surface area contributed by atoms with Crippen LogP contribution < -0.4 is 4.74 Å². The number of rotatable bonds is 6. The number of esters is 1. The summed E-state index contributed by atoms with van der Waals surface area (Å²) in [5.74, 6) is 0.661. The molecule has 0 bridgehead atoms. The second-order valence-corrected chi connectivity index (χ2v) is 4.44. The highest BCUT2D eigenvalue weighted by atomic mass is 16.5. The van der Waals surface area contributed by atoms with Crippen molar-refractivity contribution in [1.82, 2.24) is 0 Å². The number of benzene rings is 1. The van der Waals surface area contributed by atoms with Crippen LogP contribution in [0, 0.1) is 5.92 Å². The van der Waals surface area contributed by atoms with Gasteiger partial charge in [-0.1, -0.05) is 13.8 Å². The van der Waals surface area contributed by atoms with Crippen molar-refractivity contribution in [2.75, 3.05) is 13.7 Å². The number of carbonyl (C=O) groups is 2. The van der Waals surface area contributed by atoms with Crippen LogP contribution in [0.4, 0.5) is 0 Å². The van der Waals surface area contributed by atoms with E-state index in [9.17, 15) is 9.59 Å². The molecule has 1 aromatic rings. The van der Waals surface area contributed by atoms with Gasteiger partial charge in [0.2, 0.25) is 0 Å². The highest BCUT2D eigenvalue weighted by Gasteiger charge is 2.11. The van der Waals surface area contributed by atoms with Crippen LogP contribution in [-0.2, 0) is 16.0 Å². The van der Waals surface area contributed by atoms with Crippen molar-refractivity contribution >= 4 is 12.3 Å². The standard InChI is InChI=1S/C14H18O4/c1-10(2)9-18-13-5-4-11(8-15)6-12(13)7-14(16)17-3/h4-6,8,10H,7,9H2,1-3H3. The van der Waals surface area contributed by atoms with Gasteiger partial charge in [-0.3, -0.25) is 9.59 Å². The van der Waals surface area contributed by atoms with Gasteiger partial charge in [-0.15, -0.1) is 0 Å². The third-order valence-electron chi connectivity index (χ3n) is 2.36. The third kappa shape index (κ3) is 4.20. The summed E-state index contributed by atoms with van der Waals surface area (Å²) >= 11 is 0. The largest absolute Gasteiger partial charge is 0.493 e. The molecule has 0 aliphatic rings. The molecule has 0 aliphatic heterocycles. The minimum Gasteiger partial charge on any atom is -0.493 e. The first kappa shape index (κ1) is 14.2. The molecule has 0 aliphatic carbocycles. The van der Waals surface area contributed by atoms with E-state index in [0.29, 0.717) is 29.4 Å². The van der Waals surface area contributed by atoms with Gasteiger partial charge in [0, 0.05) is 11.1 Å². The van der Waals surface area contributed by atoms with Crippen molar-refractivity contribution in [3.63, 3.8) is 0 Å². The number of hydrogen-bond donors (Lipinski definition) is 0. The Balaban J connectivity index is 2.92. The molecule has 0 spiro atoms. The molecule has 4 nitrogen and oxygen atoms in total. The average molecular weight is 250 g/mol. The molecule has 1 aromatic carbocycles. The van der Waals surface area contributed by atoms with E-state index in [1.165, 1.54) is 7.11 Å². The molecule has 0 saturated carbocycles. The Morgan fingerprint density at radius 1 is 1.39 bits per heavy atom. The van der Waals surface area contributed by atoms with Crippen LogP contribution in [0.3, 0.4) is 0 Å². The summed E-state index contributed by atoms with van der Waals surface area (Å²) in [6.45, 7) is 4.65. The Labute approximate surface area is 107 Å². The lowest BCUT2D eigenvalue weighted by atomic mass is 10.1. The number of carbonyl (C=O) groups excluding carboxylic acids is 2. The molecular weight excluding hydrogens is 232 g/mol. The molecule has 1 rings (SSSR count). The van der Waals surface area contributed by atoms with Gasteiger partial charge >= 0.3 is 5.97 Å². The minimum atomic E-state index is -0.354. The monoisotopic (exact) mass is 250 g/mol. The van der Waals surface area contributed by atoms with Gasteiger partial charge in [0.25, 0.3) is 0 Å². The van der Waals surface area contributed by atoms with Crippen molar-refractivity contribution in [2.24, 2.45) is 5.92 Å². The van der Waals surface area contributed by atoms with Crippen LogP contribution in [0.15, 0.2) is 18.2 Å². The molecule has 0 amide bonds. The lowest BCUT2D eigenvalue weighted by molar-refractivity contribution is -0.139. The summed E-state index contributed by atoms with van der Waals surface area (Å²) < 4.78 is 10.2. The maximum Gasteiger partial charge on any atom is 0.310 e. The van der Waals surface area contributed by atoms with Crippen LogP contribution in [0.2, 0.25) is 0 Å². The lowest BCUT2D eigenvalue weighted by Gasteiger charge is -2.13. The van der Waals surface area contributed by atoms with Crippen LogP contribution in [-0.4, -0.2) is 26.0 Å². The SMILES string of the molecule is COC(=O)Cc1cc(C=O)ccc1OCC(C)C. The number of aldehydes is 1. The van der Waals surface area contributed by atoms with Crippen molar-refractivity contribution in [1.29, 1.82) is 0 Å².